The van der Waals surface area contributed by atoms with E-state index in [0.29, 0.717) is 6.54 Å². The fourth-order valence-electron chi connectivity index (χ4n) is 2.19. The third kappa shape index (κ3) is 3.34. The molecule has 1 aromatic carbocycles. The summed E-state index contributed by atoms with van der Waals surface area (Å²) in [6.45, 7) is 6.38. The second-order valence-electron chi connectivity index (χ2n) is 6.00. The van der Waals surface area contributed by atoms with Gasteiger partial charge in [-0.1, -0.05) is 38.8 Å². The summed E-state index contributed by atoms with van der Waals surface area (Å²) >= 11 is 3.09. The minimum atomic E-state index is -1.05. The standard InChI is InChI=1S/C16H18BrN3O/c1-15(2,3)16(21,10-20-12-18-11-19-20)14-6-4-13(5-7-14)8-9-17/h4-7,11-12,21H,10H2,1-3H3. The van der Waals surface area contributed by atoms with Crippen molar-refractivity contribution in [3.63, 3.8) is 0 Å². The molecule has 0 saturated heterocycles. The van der Waals surface area contributed by atoms with Crippen molar-refractivity contribution in [2.75, 3.05) is 0 Å². The average molecular weight is 348 g/mol. The highest BCUT2D eigenvalue weighted by Gasteiger charge is 2.42. The molecule has 0 aliphatic heterocycles. The van der Waals surface area contributed by atoms with E-state index in [2.05, 4.69) is 36.8 Å². The predicted octanol–water partition coefficient (Wildman–Crippen LogP) is 2.92. The molecule has 0 spiro atoms. The first-order valence-electron chi connectivity index (χ1n) is 6.64. The molecule has 0 amide bonds. The van der Waals surface area contributed by atoms with Crippen LogP contribution in [-0.2, 0) is 12.1 Å². The average Bonchev–Trinajstić information content (AvgIpc) is 2.91. The van der Waals surface area contributed by atoms with Crippen LogP contribution in [0, 0.1) is 16.2 Å². The van der Waals surface area contributed by atoms with Gasteiger partial charge in [0.05, 0.1) is 6.54 Å². The minimum absolute atomic E-state index is 0.347. The molecule has 2 aromatic rings. The maximum absolute atomic E-state index is 11.3. The van der Waals surface area contributed by atoms with Crippen molar-refractivity contribution in [3.05, 3.63) is 48.0 Å². The van der Waals surface area contributed by atoms with E-state index < -0.39 is 5.60 Å². The molecule has 1 unspecified atom stereocenters. The summed E-state index contributed by atoms with van der Waals surface area (Å²) in [7, 11) is 0. The lowest BCUT2D eigenvalue weighted by Crippen LogP contribution is -2.44. The number of halogens is 1. The van der Waals surface area contributed by atoms with Gasteiger partial charge in [0.25, 0.3) is 0 Å². The van der Waals surface area contributed by atoms with E-state index in [9.17, 15) is 5.11 Å². The van der Waals surface area contributed by atoms with E-state index in [0.717, 1.165) is 11.1 Å². The largest absolute Gasteiger partial charge is 0.383 e. The molecule has 1 heterocycles. The molecule has 0 saturated carbocycles. The van der Waals surface area contributed by atoms with Gasteiger partial charge in [0.2, 0.25) is 0 Å². The molecule has 21 heavy (non-hydrogen) atoms. The van der Waals surface area contributed by atoms with Gasteiger partial charge in [0.1, 0.15) is 18.3 Å². The van der Waals surface area contributed by atoms with Crippen molar-refractivity contribution >= 4 is 15.9 Å². The zero-order valence-corrected chi connectivity index (χ0v) is 13.9. The van der Waals surface area contributed by atoms with Gasteiger partial charge in [-0.15, -0.1) is 0 Å². The van der Waals surface area contributed by atoms with E-state index in [4.69, 9.17) is 0 Å². The maximum atomic E-state index is 11.3. The molecule has 4 nitrogen and oxygen atoms in total. The highest BCUT2D eigenvalue weighted by Crippen LogP contribution is 2.40. The van der Waals surface area contributed by atoms with Crippen LogP contribution in [0.3, 0.4) is 0 Å². The third-order valence-corrected chi connectivity index (χ3v) is 3.85. The number of nitrogens with zero attached hydrogens (tertiary/aromatic N) is 3. The fourth-order valence-corrected chi connectivity index (χ4v) is 2.42. The number of hydrogen-bond acceptors (Lipinski definition) is 3. The number of aliphatic hydroxyl groups is 1. The fraction of sp³-hybridized carbons (Fsp3) is 0.375. The van der Waals surface area contributed by atoms with E-state index in [1.807, 2.05) is 45.0 Å². The molecule has 0 radical (unpaired) electrons. The first-order chi connectivity index (χ1) is 9.87. The Morgan fingerprint density at radius 3 is 2.38 bits per heavy atom. The van der Waals surface area contributed by atoms with Gasteiger partial charge in [0, 0.05) is 21.5 Å². The Bertz CT molecular complexity index is 648. The predicted molar refractivity (Wildman–Crippen MR) is 85.6 cm³/mol. The van der Waals surface area contributed by atoms with Crippen LogP contribution in [0.5, 0.6) is 0 Å². The van der Waals surface area contributed by atoms with Gasteiger partial charge >= 0.3 is 0 Å². The topological polar surface area (TPSA) is 50.9 Å². The molecule has 110 valence electrons. The zero-order valence-electron chi connectivity index (χ0n) is 12.3. The highest BCUT2D eigenvalue weighted by molar-refractivity contribution is 9.12. The molecule has 5 heteroatoms. The Labute approximate surface area is 133 Å². The van der Waals surface area contributed by atoms with Crippen molar-refractivity contribution in [2.45, 2.75) is 32.9 Å². The van der Waals surface area contributed by atoms with Crippen molar-refractivity contribution in [3.8, 4) is 10.8 Å². The molecule has 0 fully saturated rings. The highest BCUT2D eigenvalue weighted by atomic mass is 79.9. The van der Waals surface area contributed by atoms with Gasteiger partial charge in [-0.25, -0.2) is 9.67 Å². The Balaban J connectivity index is 2.41. The van der Waals surface area contributed by atoms with Crippen LogP contribution in [0.2, 0.25) is 0 Å². The summed E-state index contributed by atoms with van der Waals surface area (Å²) in [4.78, 5) is 6.62. The third-order valence-electron chi connectivity index (χ3n) is 3.65. The van der Waals surface area contributed by atoms with Crippen LogP contribution in [0.4, 0.5) is 0 Å². The van der Waals surface area contributed by atoms with Crippen LogP contribution in [-0.4, -0.2) is 19.9 Å². The molecule has 1 atom stereocenters. The van der Waals surface area contributed by atoms with Crippen LogP contribution in [0.15, 0.2) is 36.9 Å². The van der Waals surface area contributed by atoms with Crippen LogP contribution < -0.4 is 0 Å². The summed E-state index contributed by atoms with van der Waals surface area (Å²) < 4.78 is 1.65. The van der Waals surface area contributed by atoms with Gasteiger partial charge in [-0.2, -0.15) is 5.10 Å². The second kappa shape index (κ2) is 6.00. The summed E-state index contributed by atoms with van der Waals surface area (Å²) in [6.07, 6.45) is 3.08. The number of hydrogen-bond donors (Lipinski definition) is 1. The van der Waals surface area contributed by atoms with Gasteiger partial charge < -0.3 is 5.11 Å². The first kappa shape index (κ1) is 15.7. The zero-order chi connectivity index (χ0) is 15.5. The van der Waals surface area contributed by atoms with Gasteiger partial charge in [-0.3, -0.25) is 0 Å². The van der Waals surface area contributed by atoms with E-state index in [1.165, 1.54) is 6.33 Å². The van der Waals surface area contributed by atoms with E-state index >= 15 is 0 Å². The Hall–Kier alpha value is -1.64. The Morgan fingerprint density at radius 2 is 1.90 bits per heavy atom. The maximum Gasteiger partial charge on any atom is 0.137 e. The lowest BCUT2D eigenvalue weighted by molar-refractivity contribution is -0.0804. The van der Waals surface area contributed by atoms with Crippen LogP contribution in [0.1, 0.15) is 31.9 Å². The van der Waals surface area contributed by atoms with E-state index in [1.54, 1.807) is 11.0 Å². The molecule has 1 aromatic heterocycles. The SMILES string of the molecule is CC(C)(C)C(O)(Cn1cncn1)c1ccc(C#CBr)cc1. The molecule has 0 aliphatic rings. The summed E-state index contributed by atoms with van der Waals surface area (Å²) in [5.41, 5.74) is 0.320. The van der Waals surface area contributed by atoms with Crippen molar-refractivity contribution < 1.29 is 5.11 Å². The quantitative estimate of drug-likeness (QED) is 0.868. The molecule has 0 bridgehead atoms. The summed E-state index contributed by atoms with van der Waals surface area (Å²) in [5.74, 6) is 2.93. The van der Waals surface area contributed by atoms with Crippen molar-refractivity contribution in [1.82, 2.24) is 14.8 Å². The summed E-state index contributed by atoms with van der Waals surface area (Å²) in [6, 6.07) is 7.63. The van der Waals surface area contributed by atoms with Crippen LogP contribution in [0.25, 0.3) is 0 Å². The smallest absolute Gasteiger partial charge is 0.137 e. The van der Waals surface area contributed by atoms with Crippen molar-refractivity contribution in [2.24, 2.45) is 5.41 Å². The van der Waals surface area contributed by atoms with Crippen molar-refractivity contribution in [1.29, 1.82) is 0 Å². The Kier molecular flexibility index (Phi) is 4.50. The number of benzene rings is 1. The number of rotatable bonds is 3. The number of aromatic nitrogens is 3. The monoisotopic (exact) mass is 347 g/mol. The molecular weight excluding hydrogens is 330 g/mol. The molecule has 1 N–H and O–H groups in total. The minimum Gasteiger partial charge on any atom is -0.383 e. The molecule has 2 rings (SSSR count). The van der Waals surface area contributed by atoms with Crippen LogP contribution >= 0.6 is 15.9 Å². The van der Waals surface area contributed by atoms with Gasteiger partial charge in [0.15, 0.2) is 0 Å². The van der Waals surface area contributed by atoms with E-state index in [-0.39, 0.29) is 5.41 Å². The Morgan fingerprint density at radius 1 is 1.24 bits per heavy atom. The first-order valence-corrected chi connectivity index (χ1v) is 7.43. The second-order valence-corrected chi connectivity index (χ2v) is 6.40. The lowest BCUT2D eigenvalue weighted by Gasteiger charge is -2.40. The molecular formula is C16H18BrN3O. The molecule has 0 aliphatic carbocycles. The summed E-state index contributed by atoms with van der Waals surface area (Å²) in [5, 5.41) is 15.4. The van der Waals surface area contributed by atoms with Gasteiger partial charge in [-0.05, 0) is 27.9 Å². The lowest BCUT2D eigenvalue weighted by atomic mass is 9.72. The normalized spacial score (nSPS) is 14.1.